The number of hydrogen-bond donors (Lipinski definition) is 5. The zero-order chi connectivity index (χ0) is 33.5. The Morgan fingerprint density at radius 3 is 2.13 bits per heavy atom. The van der Waals surface area contributed by atoms with Gasteiger partial charge in [0.15, 0.2) is 0 Å². The van der Waals surface area contributed by atoms with Gasteiger partial charge in [-0.15, -0.1) is 0 Å². The molecule has 4 aliphatic carbocycles. The highest BCUT2D eigenvalue weighted by Crippen LogP contribution is 2.59. The van der Waals surface area contributed by atoms with E-state index in [-0.39, 0.29) is 17.8 Å². The van der Waals surface area contributed by atoms with E-state index in [0.717, 1.165) is 29.7 Å². The quantitative estimate of drug-likeness (QED) is 0.134. The number of benzene rings is 2. The number of urea groups is 1. The SMILES string of the molecule is CC1(c2ccc(C(=N)N)cc2)C(=O)N(CC(=O)N[C@@H](CC(=O)O)C(=O)NCC23CC4CC(CC(C4)C2)C3)C(=O)N1Cc1ccccc1. The molecular formula is C35H42N6O6. The maximum Gasteiger partial charge on any atom is 0.328 e. The van der Waals surface area contributed by atoms with Gasteiger partial charge in [-0.25, -0.2) is 4.79 Å². The van der Waals surface area contributed by atoms with E-state index in [4.69, 9.17) is 11.1 Å². The number of carboxylic acid groups (broad SMARTS) is 1. The average Bonchev–Trinajstić information content (AvgIpc) is 3.20. The summed E-state index contributed by atoms with van der Waals surface area (Å²) in [6.45, 7) is 1.42. The van der Waals surface area contributed by atoms with E-state index < -0.39 is 54.3 Å². The fraction of sp³-hybridized carbons (Fsp3) is 0.486. The molecule has 5 aliphatic rings. The molecular weight excluding hydrogens is 600 g/mol. The molecule has 7 rings (SSSR count). The summed E-state index contributed by atoms with van der Waals surface area (Å²) in [6, 6.07) is 13.5. The summed E-state index contributed by atoms with van der Waals surface area (Å²) in [5.41, 5.74) is 5.82. The molecule has 0 spiro atoms. The summed E-state index contributed by atoms with van der Waals surface area (Å²) < 4.78 is 0. The van der Waals surface area contributed by atoms with Crippen LogP contribution in [0.4, 0.5) is 4.79 Å². The lowest BCUT2D eigenvalue weighted by Gasteiger charge is -2.57. The predicted molar refractivity (Wildman–Crippen MR) is 172 cm³/mol. The highest BCUT2D eigenvalue weighted by Gasteiger charge is 2.56. The number of nitrogens with two attached hydrogens (primary N) is 1. The Morgan fingerprint density at radius 2 is 1.57 bits per heavy atom. The molecule has 1 heterocycles. The molecule has 5 fully saturated rings. The summed E-state index contributed by atoms with van der Waals surface area (Å²) in [4.78, 5) is 68.5. The van der Waals surface area contributed by atoms with Gasteiger partial charge in [0.05, 0.1) is 6.42 Å². The number of amides is 5. The number of carbonyl (C=O) groups is 5. The molecule has 0 radical (unpaired) electrons. The number of carboxylic acids is 1. The smallest absolute Gasteiger partial charge is 0.328 e. The first-order chi connectivity index (χ1) is 22.4. The monoisotopic (exact) mass is 642 g/mol. The van der Waals surface area contributed by atoms with Gasteiger partial charge in [0.25, 0.3) is 5.91 Å². The van der Waals surface area contributed by atoms with Crippen molar-refractivity contribution >= 4 is 35.6 Å². The molecule has 47 heavy (non-hydrogen) atoms. The van der Waals surface area contributed by atoms with Crippen LogP contribution in [0.15, 0.2) is 54.6 Å². The third kappa shape index (κ3) is 6.33. The first kappa shape index (κ1) is 32.2. The van der Waals surface area contributed by atoms with Crippen LogP contribution in [0, 0.1) is 28.6 Å². The maximum atomic E-state index is 14.0. The van der Waals surface area contributed by atoms with Crippen molar-refractivity contribution in [3.63, 3.8) is 0 Å². The Balaban J connectivity index is 1.17. The van der Waals surface area contributed by atoms with Crippen molar-refractivity contribution < 1.29 is 29.1 Å². The second-order valence-electron chi connectivity index (χ2n) is 14.2. The van der Waals surface area contributed by atoms with Crippen molar-refractivity contribution in [1.29, 1.82) is 5.41 Å². The summed E-state index contributed by atoms with van der Waals surface area (Å²) in [6.07, 6.45) is 6.30. The van der Waals surface area contributed by atoms with E-state index in [0.29, 0.717) is 35.4 Å². The van der Waals surface area contributed by atoms with Gasteiger partial charge in [0.2, 0.25) is 11.8 Å². The van der Waals surface area contributed by atoms with Crippen molar-refractivity contribution in [2.75, 3.05) is 13.1 Å². The van der Waals surface area contributed by atoms with Crippen molar-refractivity contribution in [2.45, 2.75) is 70.0 Å². The largest absolute Gasteiger partial charge is 0.481 e. The molecule has 6 N–H and O–H groups in total. The second kappa shape index (κ2) is 12.5. The van der Waals surface area contributed by atoms with Crippen molar-refractivity contribution in [1.82, 2.24) is 20.4 Å². The van der Waals surface area contributed by atoms with Gasteiger partial charge in [-0.1, -0.05) is 54.6 Å². The van der Waals surface area contributed by atoms with Gasteiger partial charge in [-0.05, 0) is 79.7 Å². The lowest BCUT2D eigenvalue weighted by atomic mass is 9.49. The normalized spacial score (nSPS) is 28.3. The van der Waals surface area contributed by atoms with E-state index >= 15 is 0 Å². The van der Waals surface area contributed by atoms with Crippen molar-refractivity contribution in [2.24, 2.45) is 28.9 Å². The van der Waals surface area contributed by atoms with Crippen LogP contribution in [0.25, 0.3) is 0 Å². The Hall–Kier alpha value is -4.74. The van der Waals surface area contributed by atoms with E-state index in [1.54, 1.807) is 31.2 Å². The van der Waals surface area contributed by atoms with Crippen LogP contribution in [-0.4, -0.2) is 69.6 Å². The number of nitrogens with one attached hydrogen (secondary N) is 3. The molecule has 2 atom stereocenters. The number of nitrogen functional groups attached to an aromatic ring is 1. The minimum atomic E-state index is -1.50. The highest BCUT2D eigenvalue weighted by molar-refractivity contribution is 6.09. The van der Waals surface area contributed by atoms with Gasteiger partial charge < -0.3 is 26.4 Å². The van der Waals surface area contributed by atoms with E-state index in [1.165, 1.54) is 24.2 Å². The van der Waals surface area contributed by atoms with Gasteiger partial charge in [0, 0.05) is 18.7 Å². The third-order valence-electron chi connectivity index (χ3n) is 10.7. The minimum Gasteiger partial charge on any atom is -0.481 e. The van der Waals surface area contributed by atoms with E-state index in [9.17, 15) is 29.1 Å². The molecule has 0 aromatic heterocycles. The topological polar surface area (TPSA) is 186 Å². The van der Waals surface area contributed by atoms with Gasteiger partial charge >= 0.3 is 12.0 Å². The number of carbonyl (C=O) groups excluding carboxylic acids is 4. The van der Waals surface area contributed by atoms with Gasteiger partial charge in [-0.3, -0.25) is 29.5 Å². The summed E-state index contributed by atoms with van der Waals surface area (Å²) in [5, 5.41) is 22.7. The molecule has 12 nitrogen and oxygen atoms in total. The van der Waals surface area contributed by atoms with E-state index in [1.807, 2.05) is 30.3 Å². The van der Waals surface area contributed by atoms with Crippen molar-refractivity contribution in [3.8, 4) is 0 Å². The van der Waals surface area contributed by atoms with Crippen LogP contribution in [0.5, 0.6) is 0 Å². The molecule has 4 saturated carbocycles. The van der Waals surface area contributed by atoms with Gasteiger partial charge in [-0.2, -0.15) is 0 Å². The predicted octanol–water partition coefficient (Wildman–Crippen LogP) is 2.94. The van der Waals surface area contributed by atoms with Gasteiger partial charge in [0.1, 0.15) is 24.0 Å². The van der Waals surface area contributed by atoms with Crippen LogP contribution in [0.3, 0.4) is 0 Å². The summed E-state index contributed by atoms with van der Waals surface area (Å²) >= 11 is 0. The number of hydrogen-bond acceptors (Lipinski definition) is 6. The first-order valence-electron chi connectivity index (χ1n) is 16.3. The fourth-order valence-electron chi connectivity index (χ4n) is 8.86. The minimum absolute atomic E-state index is 0.0197. The van der Waals surface area contributed by atoms with E-state index in [2.05, 4.69) is 10.6 Å². The number of rotatable bonds is 12. The summed E-state index contributed by atoms with van der Waals surface area (Å²) in [7, 11) is 0. The second-order valence-corrected chi connectivity index (χ2v) is 14.2. The average molecular weight is 643 g/mol. The fourth-order valence-corrected chi connectivity index (χ4v) is 8.86. The number of amidine groups is 1. The molecule has 248 valence electrons. The summed E-state index contributed by atoms with van der Waals surface area (Å²) in [5.74, 6) is -1.41. The number of imide groups is 1. The molecule has 5 amide bonds. The van der Waals surface area contributed by atoms with Crippen LogP contribution in [-0.2, 0) is 31.3 Å². The maximum absolute atomic E-state index is 14.0. The molecule has 12 heteroatoms. The third-order valence-corrected chi connectivity index (χ3v) is 10.7. The van der Waals surface area contributed by atoms with Crippen molar-refractivity contribution in [3.05, 3.63) is 71.3 Å². The van der Waals surface area contributed by atoms with Crippen LogP contribution in [0.1, 0.15) is 68.6 Å². The Kier molecular flexibility index (Phi) is 8.54. The zero-order valence-electron chi connectivity index (χ0n) is 26.5. The Labute approximate surface area is 273 Å². The lowest BCUT2D eigenvalue weighted by Crippen LogP contribution is -2.55. The zero-order valence-corrected chi connectivity index (χ0v) is 26.5. The Bertz CT molecular complexity index is 1560. The molecule has 1 aliphatic heterocycles. The van der Waals surface area contributed by atoms with Crippen LogP contribution in [0.2, 0.25) is 0 Å². The highest BCUT2D eigenvalue weighted by atomic mass is 16.4. The standard InChI is InChI=1S/C35H42N6O6/c1-34(26-9-7-25(8-10-26)30(36)37)32(46)40(33(47)41(34)18-21-5-3-2-4-6-21)19-28(42)39-27(14-29(43)44)31(45)38-20-35-15-22-11-23(16-35)13-24(12-22)17-35/h2-10,22-24,27H,11-20H2,1H3,(H3,36,37)(H,38,45)(H,39,42)(H,43,44)/t22?,23?,24?,27-,34?,35?/m0/s1. The first-order valence-corrected chi connectivity index (χ1v) is 16.3. The number of aliphatic carboxylic acids is 1. The van der Waals surface area contributed by atoms with Crippen LogP contribution >= 0.6 is 0 Å². The molecule has 2 aromatic rings. The van der Waals surface area contributed by atoms with Crippen LogP contribution < -0.4 is 16.4 Å². The molecule has 2 aromatic carbocycles. The molecule has 1 saturated heterocycles. The number of nitrogens with zero attached hydrogens (tertiary/aromatic N) is 2. The Morgan fingerprint density at radius 1 is 0.979 bits per heavy atom. The molecule has 1 unspecified atom stereocenters. The lowest BCUT2D eigenvalue weighted by molar-refractivity contribution is -0.141. The molecule has 4 bridgehead atoms.